The summed E-state index contributed by atoms with van der Waals surface area (Å²) < 4.78 is 5.42. The molecule has 26 heavy (non-hydrogen) atoms. The summed E-state index contributed by atoms with van der Waals surface area (Å²) in [5, 5.41) is 3.48. The van der Waals surface area contributed by atoms with Crippen LogP contribution in [0.5, 0.6) is 0 Å². The van der Waals surface area contributed by atoms with E-state index < -0.39 is 0 Å². The molecule has 142 valence electrons. The fourth-order valence-corrected chi connectivity index (χ4v) is 3.99. The molecule has 2 N–H and O–H groups in total. The standard InChI is InChI=1S/C18H27N5O3/c24-16(22-26-15-3-1-2-10-25-15)14-11-20-17(21-12-14)23-8-5-18(6-9-23)4-7-19-13-18/h11-12,15,19H,1-10,13H2,(H,22,24). The Kier molecular flexibility index (Phi) is 5.33. The highest BCUT2D eigenvalue weighted by Gasteiger charge is 2.37. The van der Waals surface area contributed by atoms with Gasteiger partial charge in [-0.1, -0.05) is 0 Å². The van der Waals surface area contributed by atoms with E-state index in [1.54, 1.807) is 12.4 Å². The van der Waals surface area contributed by atoms with Crippen LogP contribution in [-0.4, -0.2) is 55.0 Å². The van der Waals surface area contributed by atoms with E-state index >= 15 is 0 Å². The van der Waals surface area contributed by atoms with Gasteiger partial charge in [-0.3, -0.25) is 4.79 Å². The fourth-order valence-electron chi connectivity index (χ4n) is 3.99. The summed E-state index contributed by atoms with van der Waals surface area (Å²) in [6.07, 6.45) is 9.24. The van der Waals surface area contributed by atoms with E-state index in [-0.39, 0.29) is 12.2 Å². The summed E-state index contributed by atoms with van der Waals surface area (Å²) in [7, 11) is 0. The number of carbonyl (C=O) groups is 1. The van der Waals surface area contributed by atoms with E-state index in [1.165, 1.54) is 19.3 Å². The summed E-state index contributed by atoms with van der Waals surface area (Å²) in [4.78, 5) is 28.4. The summed E-state index contributed by atoms with van der Waals surface area (Å²) >= 11 is 0. The Morgan fingerprint density at radius 3 is 2.73 bits per heavy atom. The number of piperidine rings is 1. The molecule has 3 aliphatic rings. The van der Waals surface area contributed by atoms with Gasteiger partial charge in [-0.25, -0.2) is 20.3 Å². The molecular weight excluding hydrogens is 334 g/mol. The summed E-state index contributed by atoms with van der Waals surface area (Å²) in [5.74, 6) is 0.347. The Bertz CT molecular complexity index is 602. The highest BCUT2D eigenvalue weighted by molar-refractivity contribution is 5.92. The molecule has 0 bridgehead atoms. The minimum Gasteiger partial charge on any atom is -0.350 e. The number of nitrogens with zero attached hydrogens (tertiary/aromatic N) is 3. The van der Waals surface area contributed by atoms with Gasteiger partial charge in [-0.15, -0.1) is 0 Å². The number of anilines is 1. The van der Waals surface area contributed by atoms with Crippen molar-refractivity contribution in [3.05, 3.63) is 18.0 Å². The van der Waals surface area contributed by atoms with E-state index in [2.05, 4.69) is 25.7 Å². The maximum Gasteiger partial charge on any atom is 0.278 e. The number of hydrogen-bond acceptors (Lipinski definition) is 7. The molecule has 1 spiro atoms. The summed E-state index contributed by atoms with van der Waals surface area (Å²) in [5.41, 5.74) is 3.29. The monoisotopic (exact) mass is 361 g/mol. The first-order valence-corrected chi connectivity index (χ1v) is 9.59. The second-order valence-corrected chi connectivity index (χ2v) is 7.53. The van der Waals surface area contributed by atoms with Crippen LogP contribution in [0.3, 0.4) is 0 Å². The Hall–Kier alpha value is -1.77. The van der Waals surface area contributed by atoms with E-state index in [9.17, 15) is 4.79 Å². The molecule has 0 saturated carbocycles. The lowest BCUT2D eigenvalue weighted by molar-refractivity contribution is -0.186. The normalized spacial score (nSPS) is 25.4. The van der Waals surface area contributed by atoms with Crippen molar-refractivity contribution in [1.29, 1.82) is 0 Å². The van der Waals surface area contributed by atoms with Crippen LogP contribution < -0.4 is 15.7 Å². The van der Waals surface area contributed by atoms with Gasteiger partial charge in [0.25, 0.3) is 5.91 Å². The maximum atomic E-state index is 12.2. The van der Waals surface area contributed by atoms with Crippen LogP contribution >= 0.6 is 0 Å². The lowest BCUT2D eigenvalue weighted by Crippen LogP contribution is -2.42. The molecule has 1 atom stereocenters. The number of ether oxygens (including phenoxy) is 1. The third-order valence-electron chi connectivity index (χ3n) is 5.76. The number of amides is 1. The smallest absolute Gasteiger partial charge is 0.278 e. The van der Waals surface area contributed by atoms with Crippen molar-refractivity contribution in [2.45, 2.75) is 44.8 Å². The van der Waals surface area contributed by atoms with Crippen molar-refractivity contribution in [1.82, 2.24) is 20.8 Å². The minimum absolute atomic E-state index is 0.347. The lowest BCUT2D eigenvalue weighted by Gasteiger charge is -2.38. The number of aromatic nitrogens is 2. The van der Waals surface area contributed by atoms with Crippen molar-refractivity contribution in [3.8, 4) is 0 Å². The predicted molar refractivity (Wildman–Crippen MR) is 95.5 cm³/mol. The number of nitrogens with one attached hydrogen (secondary N) is 2. The Morgan fingerprint density at radius 1 is 1.27 bits per heavy atom. The highest BCUT2D eigenvalue weighted by Crippen LogP contribution is 2.37. The molecule has 3 saturated heterocycles. The molecule has 4 rings (SSSR count). The summed E-state index contributed by atoms with van der Waals surface area (Å²) in [6, 6.07) is 0. The van der Waals surface area contributed by atoms with Gasteiger partial charge < -0.3 is 15.0 Å². The van der Waals surface area contributed by atoms with Crippen LogP contribution in [0.1, 0.15) is 48.9 Å². The molecule has 3 aliphatic heterocycles. The second kappa shape index (κ2) is 7.85. The second-order valence-electron chi connectivity index (χ2n) is 7.53. The Morgan fingerprint density at radius 2 is 2.08 bits per heavy atom. The largest absolute Gasteiger partial charge is 0.350 e. The Labute approximate surface area is 153 Å². The Balaban J connectivity index is 1.28. The molecule has 3 fully saturated rings. The van der Waals surface area contributed by atoms with Gasteiger partial charge in [-0.2, -0.15) is 0 Å². The molecule has 8 nitrogen and oxygen atoms in total. The fraction of sp³-hybridized carbons (Fsp3) is 0.722. The van der Waals surface area contributed by atoms with Crippen LogP contribution in [-0.2, 0) is 9.57 Å². The first-order chi connectivity index (χ1) is 12.7. The van der Waals surface area contributed by atoms with Gasteiger partial charge in [-0.05, 0) is 44.1 Å². The van der Waals surface area contributed by atoms with Crippen molar-refractivity contribution < 1.29 is 14.4 Å². The van der Waals surface area contributed by atoms with Crippen molar-refractivity contribution >= 4 is 11.9 Å². The minimum atomic E-state index is -0.362. The lowest BCUT2D eigenvalue weighted by atomic mass is 9.78. The van der Waals surface area contributed by atoms with Gasteiger partial charge in [0.15, 0.2) is 6.29 Å². The molecule has 1 aromatic rings. The number of rotatable bonds is 4. The number of carbonyl (C=O) groups excluding carboxylic acids is 1. The van der Waals surface area contributed by atoms with Crippen molar-refractivity contribution in [3.63, 3.8) is 0 Å². The zero-order valence-corrected chi connectivity index (χ0v) is 15.1. The number of hydroxylamine groups is 1. The third kappa shape index (κ3) is 3.97. The van der Waals surface area contributed by atoms with E-state index in [4.69, 9.17) is 9.57 Å². The first-order valence-electron chi connectivity index (χ1n) is 9.59. The van der Waals surface area contributed by atoms with Gasteiger partial charge >= 0.3 is 0 Å². The van der Waals surface area contributed by atoms with Gasteiger partial charge in [0.1, 0.15) is 0 Å². The topological polar surface area (TPSA) is 88.6 Å². The first kappa shape index (κ1) is 17.6. The molecule has 8 heteroatoms. The molecule has 0 radical (unpaired) electrons. The van der Waals surface area contributed by atoms with Gasteiger partial charge in [0.05, 0.1) is 5.56 Å². The van der Waals surface area contributed by atoms with E-state index in [1.807, 2.05) is 0 Å². The van der Waals surface area contributed by atoms with Crippen LogP contribution in [0, 0.1) is 5.41 Å². The SMILES string of the molecule is O=C(NOC1CCCCO1)c1cnc(N2CCC3(CCNC3)CC2)nc1. The molecule has 1 unspecified atom stereocenters. The molecular formula is C18H27N5O3. The van der Waals surface area contributed by atoms with Crippen LogP contribution in [0.15, 0.2) is 12.4 Å². The third-order valence-corrected chi connectivity index (χ3v) is 5.76. The maximum absolute atomic E-state index is 12.2. The van der Waals surface area contributed by atoms with Crippen LogP contribution in [0.25, 0.3) is 0 Å². The van der Waals surface area contributed by atoms with Crippen LogP contribution in [0.2, 0.25) is 0 Å². The quantitative estimate of drug-likeness (QED) is 0.780. The predicted octanol–water partition coefficient (Wildman–Crippen LogP) is 1.24. The van der Waals surface area contributed by atoms with Crippen molar-refractivity contribution in [2.24, 2.45) is 5.41 Å². The zero-order chi connectivity index (χ0) is 17.8. The van der Waals surface area contributed by atoms with Gasteiger partial charge in [0.2, 0.25) is 5.95 Å². The molecule has 4 heterocycles. The zero-order valence-electron chi connectivity index (χ0n) is 15.1. The number of hydrogen-bond donors (Lipinski definition) is 2. The van der Waals surface area contributed by atoms with E-state index in [0.29, 0.717) is 23.5 Å². The highest BCUT2D eigenvalue weighted by atomic mass is 16.8. The van der Waals surface area contributed by atoms with E-state index in [0.717, 1.165) is 45.4 Å². The molecule has 0 aromatic carbocycles. The van der Waals surface area contributed by atoms with Crippen LogP contribution in [0.4, 0.5) is 5.95 Å². The summed E-state index contributed by atoms with van der Waals surface area (Å²) in [6.45, 7) is 4.87. The average molecular weight is 361 g/mol. The molecule has 0 aliphatic carbocycles. The molecule has 1 amide bonds. The van der Waals surface area contributed by atoms with Gasteiger partial charge in [0, 0.05) is 45.1 Å². The molecule has 1 aromatic heterocycles. The average Bonchev–Trinajstić information content (AvgIpc) is 3.16. The van der Waals surface area contributed by atoms with Crippen molar-refractivity contribution in [2.75, 3.05) is 37.7 Å².